The summed E-state index contributed by atoms with van der Waals surface area (Å²) in [7, 11) is 3.46. The van der Waals surface area contributed by atoms with E-state index < -0.39 is 0 Å². The Morgan fingerprint density at radius 3 is 2.88 bits per heavy atom. The van der Waals surface area contributed by atoms with Crippen LogP contribution in [0.1, 0.15) is 5.56 Å². The van der Waals surface area contributed by atoms with Crippen LogP contribution in [-0.2, 0) is 6.54 Å². The SMILES string of the molecule is CN1Cc2cc(N=[N+]=[N-])ccc2N(C)C1=O. The van der Waals surface area contributed by atoms with Crippen molar-refractivity contribution in [1.82, 2.24) is 4.90 Å². The van der Waals surface area contributed by atoms with Crippen LogP contribution in [0.3, 0.4) is 0 Å². The summed E-state index contributed by atoms with van der Waals surface area (Å²) >= 11 is 0. The average Bonchev–Trinajstić information content (AvgIpc) is 2.26. The first-order chi connectivity index (χ1) is 7.63. The molecule has 16 heavy (non-hydrogen) atoms. The summed E-state index contributed by atoms with van der Waals surface area (Å²) in [4.78, 5) is 17.6. The molecule has 0 unspecified atom stereocenters. The smallest absolute Gasteiger partial charge is 0.323 e. The molecule has 6 nitrogen and oxygen atoms in total. The highest BCUT2D eigenvalue weighted by Crippen LogP contribution is 2.30. The van der Waals surface area contributed by atoms with E-state index in [1.807, 2.05) is 0 Å². The minimum Gasteiger partial charge on any atom is -0.323 e. The molecule has 82 valence electrons. The Labute approximate surface area is 92.7 Å². The van der Waals surface area contributed by atoms with Gasteiger partial charge in [0, 0.05) is 31.2 Å². The largest absolute Gasteiger partial charge is 0.324 e. The summed E-state index contributed by atoms with van der Waals surface area (Å²) in [5.41, 5.74) is 10.8. The Morgan fingerprint density at radius 2 is 2.19 bits per heavy atom. The maximum atomic E-state index is 11.7. The summed E-state index contributed by atoms with van der Waals surface area (Å²) in [6.45, 7) is 0.535. The van der Waals surface area contributed by atoms with Crippen LogP contribution in [-0.4, -0.2) is 25.0 Å². The first-order valence-electron chi connectivity index (χ1n) is 4.80. The van der Waals surface area contributed by atoms with Crippen molar-refractivity contribution in [3.8, 4) is 0 Å². The number of anilines is 1. The molecule has 0 N–H and O–H groups in total. The lowest BCUT2D eigenvalue weighted by atomic mass is 10.1. The number of nitrogens with zero attached hydrogens (tertiary/aromatic N) is 5. The maximum Gasteiger partial charge on any atom is 0.324 e. The predicted molar refractivity (Wildman–Crippen MR) is 60.5 cm³/mol. The molecule has 6 heteroatoms. The van der Waals surface area contributed by atoms with Gasteiger partial charge >= 0.3 is 6.03 Å². The van der Waals surface area contributed by atoms with Gasteiger partial charge < -0.3 is 4.90 Å². The standard InChI is InChI=1S/C10H11N5O/c1-14-6-7-5-8(12-13-11)3-4-9(7)15(2)10(14)16/h3-5H,6H2,1-2H3. The molecule has 1 heterocycles. The van der Waals surface area contributed by atoms with Crippen molar-refractivity contribution >= 4 is 17.4 Å². The van der Waals surface area contributed by atoms with Gasteiger partial charge in [-0.15, -0.1) is 0 Å². The van der Waals surface area contributed by atoms with Crippen LogP contribution in [0, 0.1) is 0 Å². The molecule has 0 atom stereocenters. The van der Waals surface area contributed by atoms with Gasteiger partial charge in [-0.05, 0) is 23.2 Å². The van der Waals surface area contributed by atoms with Crippen LogP contribution in [0.4, 0.5) is 16.2 Å². The van der Waals surface area contributed by atoms with Crippen LogP contribution in [0.15, 0.2) is 23.3 Å². The number of carbonyl (C=O) groups excluding carboxylic acids is 1. The van der Waals surface area contributed by atoms with E-state index in [0.29, 0.717) is 12.2 Å². The second kappa shape index (κ2) is 3.75. The van der Waals surface area contributed by atoms with Crippen LogP contribution in [0.2, 0.25) is 0 Å². The van der Waals surface area contributed by atoms with Gasteiger partial charge in [-0.3, -0.25) is 4.90 Å². The van der Waals surface area contributed by atoms with E-state index in [-0.39, 0.29) is 6.03 Å². The van der Waals surface area contributed by atoms with Gasteiger partial charge in [-0.2, -0.15) is 0 Å². The average molecular weight is 217 g/mol. The normalized spacial score (nSPS) is 14.5. The van der Waals surface area contributed by atoms with Gasteiger partial charge in [0.15, 0.2) is 0 Å². The molecule has 2 rings (SSSR count). The molecular weight excluding hydrogens is 206 g/mol. The van der Waals surface area contributed by atoms with Gasteiger partial charge in [-0.1, -0.05) is 11.2 Å². The summed E-state index contributed by atoms with van der Waals surface area (Å²) in [5.74, 6) is 0. The number of urea groups is 1. The number of hydrogen-bond acceptors (Lipinski definition) is 2. The fourth-order valence-electron chi connectivity index (χ4n) is 1.82. The first kappa shape index (κ1) is 10.3. The molecule has 1 aliphatic rings. The number of hydrogen-bond donors (Lipinski definition) is 0. The van der Waals surface area contributed by atoms with Crippen molar-refractivity contribution in [1.29, 1.82) is 0 Å². The molecule has 1 aromatic rings. The van der Waals surface area contributed by atoms with Crippen molar-refractivity contribution in [2.24, 2.45) is 5.11 Å². The number of carbonyl (C=O) groups is 1. The van der Waals surface area contributed by atoms with Gasteiger partial charge in [0.2, 0.25) is 0 Å². The van der Waals surface area contributed by atoms with Gasteiger partial charge in [0.25, 0.3) is 0 Å². The van der Waals surface area contributed by atoms with E-state index in [1.54, 1.807) is 42.1 Å². The highest BCUT2D eigenvalue weighted by molar-refractivity contribution is 5.94. The Balaban J connectivity index is 2.48. The van der Waals surface area contributed by atoms with Gasteiger partial charge in [0.1, 0.15) is 0 Å². The molecule has 0 saturated heterocycles. The van der Waals surface area contributed by atoms with E-state index in [9.17, 15) is 4.79 Å². The van der Waals surface area contributed by atoms with Crippen molar-refractivity contribution in [2.75, 3.05) is 19.0 Å². The summed E-state index contributed by atoms with van der Waals surface area (Å²) in [6, 6.07) is 5.26. The molecular formula is C10H11N5O. The fourth-order valence-corrected chi connectivity index (χ4v) is 1.82. The topological polar surface area (TPSA) is 72.3 Å². The number of fused-ring (bicyclic) bond motifs is 1. The molecule has 0 radical (unpaired) electrons. The first-order valence-corrected chi connectivity index (χ1v) is 4.80. The quantitative estimate of drug-likeness (QED) is 0.405. The highest BCUT2D eigenvalue weighted by atomic mass is 16.2. The highest BCUT2D eigenvalue weighted by Gasteiger charge is 2.24. The summed E-state index contributed by atoms with van der Waals surface area (Å²) in [5, 5.41) is 3.54. The number of rotatable bonds is 1. The lowest BCUT2D eigenvalue weighted by molar-refractivity contribution is 0.212. The van der Waals surface area contributed by atoms with Gasteiger partial charge in [-0.25, -0.2) is 4.79 Å². The monoisotopic (exact) mass is 217 g/mol. The maximum absolute atomic E-state index is 11.7. The van der Waals surface area contributed by atoms with Crippen molar-refractivity contribution in [2.45, 2.75) is 6.54 Å². The third-order valence-corrected chi connectivity index (χ3v) is 2.61. The Bertz CT molecular complexity index is 492. The fraction of sp³-hybridized carbons (Fsp3) is 0.300. The molecule has 0 aliphatic carbocycles. The molecule has 0 fully saturated rings. The summed E-state index contributed by atoms with van der Waals surface area (Å²) in [6.07, 6.45) is 0. The molecule has 0 aromatic heterocycles. The summed E-state index contributed by atoms with van der Waals surface area (Å²) < 4.78 is 0. The van der Waals surface area contributed by atoms with Crippen LogP contribution in [0.5, 0.6) is 0 Å². The zero-order chi connectivity index (χ0) is 11.7. The number of benzene rings is 1. The van der Waals surface area contributed by atoms with Crippen LogP contribution in [0.25, 0.3) is 10.4 Å². The lowest BCUT2D eigenvalue weighted by Gasteiger charge is -2.32. The molecule has 0 bridgehead atoms. The van der Waals surface area contributed by atoms with Crippen LogP contribution >= 0.6 is 0 Å². The van der Waals surface area contributed by atoms with E-state index >= 15 is 0 Å². The van der Waals surface area contributed by atoms with Crippen molar-refractivity contribution in [3.05, 3.63) is 34.2 Å². The van der Waals surface area contributed by atoms with E-state index in [2.05, 4.69) is 10.0 Å². The van der Waals surface area contributed by atoms with Gasteiger partial charge in [0.05, 0.1) is 5.69 Å². The van der Waals surface area contributed by atoms with Crippen molar-refractivity contribution in [3.63, 3.8) is 0 Å². The van der Waals surface area contributed by atoms with Crippen molar-refractivity contribution < 1.29 is 4.79 Å². The number of azide groups is 1. The van der Waals surface area contributed by atoms with E-state index in [1.165, 1.54) is 0 Å². The Kier molecular flexibility index (Phi) is 2.42. The zero-order valence-electron chi connectivity index (χ0n) is 9.08. The second-order valence-corrected chi connectivity index (χ2v) is 3.70. The third kappa shape index (κ3) is 1.55. The minimum atomic E-state index is -0.0379. The molecule has 1 aromatic carbocycles. The lowest BCUT2D eigenvalue weighted by Crippen LogP contribution is -2.42. The predicted octanol–water partition coefficient (Wildman–Crippen LogP) is 2.63. The minimum absolute atomic E-state index is 0.0379. The van der Waals surface area contributed by atoms with E-state index in [0.717, 1.165) is 11.3 Å². The second-order valence-electron chi connectivity index (χ2n) is 3.70. The third-order valence-electron chi connectivity index (χ3n) is 2.61. The number of amides is 2. The Hall–Kier alpha value is -2.20. The molecule has 0 spiro atoms. The van der Waals surface area contributed by atoms with Crippen LogP contribution < -0.4 is 4.90 Å². The van der Waals surface area contributed by atoms with E-state index in [4.69, 9.17) is 5.53 Å². The Morgan fingerprint density at radius 1 is 1.44 bits per heavy atom. The molecule has 0 saturated carbocycles. The molecule has 2 amide bonds. The molecule has 1 aliphatic heterocycles. The zero-order valence-corrected chi connectivity index (χ0v) is 9.08.